The number of hydrogen-bond donors (Lipinski definition) is 2. The van der Waals surface area contributed by atoms with Crippen LogP contribution in [-0.4, -0.2) is 51.8 Å². The van der Waals surface area contributed by atoms with Gasteiger partial charge in [0, 0.05) is 28.1 Å². The molecule has 2 aromatic rings. The van der Waals surface area contributed by atoms with Gasteiger partial charge in [0.2, 0.25) is 10.0 Å². The first-order chi connectivity index (χ1) is 15.7. The zero-order valence-corrected chi connectivity index (χ0v) is 21.6. The molecule has 3 rings (SSSR count). The molecule has 1 saturated heterocycles. The molecule has 0 saturated carbocycles. The van der Waals surface area contributed by atoms with Crippen molar-refractivity contribution in [2.75, 3.05) is 20.3 Å². The normalized spacial score (nSPS) is 17.9. The molecule has 9 nitrogen and oxygen atoms in total. The van der Waals surface area contributed by atoms with Crippen LogP contribution in [0.5, 0.6) is 5.75 Å². The molecule has 2 atom stereocenters. The second kappa shape index (κ2) is 11.2. The van der Waals surface area contributed by atoms with Gasteiger partial charge in [-0.1, -0.05) is 28.1 Å². The lowest BCUT2D eigenvalue weighted by molar-refractivity contribution is 0.121. The van der Waals surface area contributed by atoms with E-state index in [9.17, 15) is 18.5 Å². The Morgan fingerprint density at radius 1 is 1.24 bits per heavy atom. The predicted molar refractivity (Wildman–Crippen MR) is 128 cm³/mol. The zero-order valence-electron chi connectivity index (χ0n) is 17.6. The standard InChI is InChI=1S/C21H22Br2N4O5S/c1-31-18-5-2-14(3-6-18)10-25-21(28)32-12-17-9-16(11-27(17)13-24)26-33(29,30)20-8-15(22)4-7-19(20)23/h2-8,16-17,26H,9-12H2,1H3,(H,25,28)/t16-,17-/m1/s1. The zero-order chi connectivity index (χ0) is 24.0. The van der Waals surface area contributed by atoms with Crippen molar-refractivity contribution in [3.05, 3.63) is 57.0 Å². The first kappa shape index (κ1) is 25.3. The number of nitriles is 1. The summed E-state index contributed by atoms with van der Waals surface area (Å²) in [6.45, 7) is 0.420. The summed E-state index contributed by atoms with van der Waals surface area (Å²) in [7, 11) is -2.24. The lowest BCUT2D eigenvalue weighted by atomic mass is 10.2. The van der Waals surface area contributed by atoms with E-state index in [1.807, 2.05) is 18.3 Å². The summed E-state index contributed by atoms with van der Waals surface area (Å²) in [5.74, 6) is 0.719. The van der Waals surface area contributed by atoms with Crippen LogP contribution >= 0.6 is 31.9 Å². The average Bonchev–Trinajstić information content (AvgIpc) is 3.19. The summed E-state index contributed by atoms with van der Waals surface area (Å²) in [6, 6.07) is 11.2. The van der Waals surface area contributed by atoms with Crippen LogP contribution in [0.3, 0.4) is 0 Å². The van der Waals surface area contributed by atoms with Crippen LogP contribution < -0.4 is 14.8 Å². The predicted octanol–water partition coefficient (Wildman–Crippen LogP) is 3.35. The minimum absolute atomic E-state index is 0.0409. The third kappa shape index (κ3) is 6.83. The van der Waals surface area contributed by atoms with Crippen LogP contribution in [-0.2, 0) is 21.3 Å². The monoisotopic (exact) mass is 600 g/mol. The lowest BCUT2D eigenvalue weighted by Crippen LogP contribution is -2.36. The third-order valence-corrected chi connectivity index (χ3v) is 8.06. The number of carbonyl (C=O) groups excluding carboxylic acids is 1. The lowest BCUT2D eigenvalue weighted by Gasteiger charge is -2.17. The number of hydrogen-bond acceptors (Lipinski definition) is 7. The average molecular weight is 602 g/mol. The summed E-state index contributed by atoms with van der Waals surface area (Å²) in [6.07, 6.45) is 1.74. The Kier molecular flexibility index (Phi) is 8.58. The smallest absolute Gasteiger partial charge is 0.407 e. The molecule has 0 aliphatic carbocycles. The molecule has 1 fully saturated rings. The molecule has 33 heavy (non-hydrogen) atoms. The molecular weight excluding hydrogens is 580 g/mol. The number of ether oxygens (including phenoxy) is 2. The van der Waals surface area contributed by atoms with Gasteiger partial charge in [0.25, 0.3) is 0 Å². The summed E-state index contributed by atoms with van der Waals surface area (Å²) in [5, 5.41) is 12.1. The van der Waals surface area contributed by atoms with Crippen molar-refractivity contribution in [3.63, 3.8) is 0 Å². The molecule has 0 spiro atoms. The van der Waals surface area contributed by atoms with Crippen LogP contribution in [0.25, 0.3) is 0 Å². The molecule has 0 radical (unpaired) electrons. The van der Waals surface area contributed by atoms with E-state index in [4.69, 9.17) is 9.47 Å². The highest BCUT2D eigenvalue weighted by Gasteiger charge is 2.35. The Labute approximate surface area is 209 Å². The molecule has 176 valence electrons. The highest BCUT2D eigenvalue weighted by molar-refractivity contribution is 9.11. The molecule has 1 aliphatic heterocycles. The molecule has 1 amide bonds. The van der Waals surface area contributed by atoms with Gasteiger partial charge in [-0.05, 0) is 58.2 Å². The minimum atomic E-state index is -3.82. The maximum absolute atomic E-state index is 12.8. The number of benzene rings is 2. The van der Waals surface area contributed by atoms with E-state index >= 15 is 0 Å². The van der Waals surface area contributed by atoms with E-state index in [0.29, 0.717) is 15.4 Å². The summed E-state index contributed by atoms with van der Waals surface area (Å²) < 4.78 is 39.7. The van der Waals surface area contributed by atoms with Crippen molar-refractivity contribution >= 4 is 48.0 Å². The van der Waals surface area contributed by atoms with Crippen molar-refractivity contribution in [2.45, 2.75) is 29.9 Å². The van der Waals surface area contributed by atoms with Crippen molar-refractivity contribution in [1.82, 2.24) is 14.9 Å². The SMILES string of the molecule is COc1ccc(CNC(=O)OC[C@H]2C[C@@H](NS(=O)(=O)c3cc(Br)ccc3Br)CN2C#N)cc1. The largest absolute Gasteiger partial charge is 0.497 e. The van der Waals surface area contributed by atoms with Crippen LogP contribution in [0.1, 0.15) is 12.0 Å². The second-order valence-corrected chi connectivity index (χ2v) is 10.8. The molecule has 12 heteroatoms. The first-order valence-corrected chi connectivity index (χ1v) is 13.0. The minimum Gasteiger partial charge on any atom is -0.497 e. The number of nitrogens with one attached hydrogen (secondary N) is 2. The number of sulfonamides is 1. The van der Waals surface area contributed by atoms with Crippen molar-refractivity contribution in [2.24, 2.45) is 0 Å². The van der Waals surface area contributed by atoms with Gasteiger partial charge in [0.05, 0.1) is 18.0 Å². The molecule has 1 heterocycles. The van der Waals surface area contributed by atoms with Crippen LogP contribution in [0.15, 0.2) is 56.3 Å². The van der Waals surface area contributed by atoms with E-state index in [-0.39, 0.29) is 24.6 Å². The topological polar surface area (TPSA) is 121 Å². The number of halogens is 2. The van der Waals surface area contributed by atoms with Gasteiger partial charge in [-0.25, -0.2) is 17.9 Å². The Balaban J connectivity index is 1.52. The molecular formula is C21H22Br2N4O5S. The number of rotatable bonds is 8. The molecule has 2 aromatic carbocycles. The maximum Gasteiger partial charge on any atom is 0.407 e. The van der Waals surface area contributed by atoms with E-state index in [2.05, 4.69) is 41.9 Å². The number of nitrogens with zero attached hydrogens (tertiary/aromatic N) is 2. The number of methoxy groups -OCH3 is 1. The summed E-state index contributed by atoms with van der Waals surface area (Å²) in [4.78, 5) is 13.6. The second-order valence-electron chi connectivity index (χ2n) is 7.33. The summed E-state index contributed by atoms with van der Waals surface area (Å²) >= 11 is 6.53. The highest BCUT2D eigenvalue weighted by Crippen LogP contribution is 2.27. The van der Waals surface area contributed by atoms with Crippen molar-refractivity contribution < 1.29 is 22.7 Å². The highest BCUT2D eigenvalue weighted by atomic mass is 79.9. The van der Waals surface area contributed by atoms with E-state index in [1.54, 1.807) is 31.4 Å². The first-order valence-electron chi connectivity index (χ1n) is 9.89. The van der Waals surface area contributed by atoms with Gasteiger partial charge in [0.1, 0.15) is 12.4 Å². The van der Waals surface area contributed by atoms with E-state index < -0.39 is 28.2 Å². The molecule has 0 bridgehead atoms. The van der Waals surface area contributed by atoms with Crippen LogP contribution in [0.2, 0.25) is 0 Å². The molecule has 0 unspecified atom stereocenters. The van der Waals surface area contributed by atoms with Gasteiger partial charge < -0.3 is 19.7 Å². The Morgan fingerprint density at radius 2 is 1.97 bits per heavy atom. The Morgan fingerprint density at radius 3 is 2.64 bits per heavy atom. The van der Waals surface area contributed by atoms with Crippen molar-refractivity contribution in [3.8, 4) is 11.9 Å². The fraction of sp³-hybridized carbons (Fsp3) is 0.333. The van der Waals surface area contributed by atoms with Crippen LogP contribution in [0.4, 0.5) is 4.79 Å². The van der Waals surface area contributed by atoms with Gasteiger partial charge >= 0.3 is 6.09 Å². The Bertz CT molecular complexity index is 1140. The number of carbonyl (C=O) groups is 1. The van der Waals surface area contributed by atoms with Crippen LogP contribution in [0, 0.1) is 11.5 Å². The van der Waals surface area contributed by atoms with Crippen molar-refractivity contribution in [1.29, 1.82) is 5.26 Å². The van der Waals surface area contributed by atoms with E-state index in [0.717, 1.165) is 11.3 Å². The molecule has 0 aromatic heterocycles. The molecule has 2 N–H and O–H groups in total. The number of alkyl carbamates (subject to hydrolysis) is 1. The van der Waals surface area contributed by atoms with Gasteiger partial charge in [-0.15, -0.1) is 0 Å². The Hall–Kier alpha value is -2.33. The quantitative estimate of drug-likeness (QED) is 0.445. The number of amides is 1. The van der Waals surface area contributed by atoms with E-state index in [1.165, 1.54) is 11.0 Å². The number of likely N-dealkylation sites (tertiary alicyclic amines) is 1. The fourth-order valence-corrected chi connectivity index (χ4v) is 6.13. The van der Waals surface area contributed by atoms with Gasteiger partial charge in [0.15, 0.2) is 6.19 Å². The fourth-order valence-electron chi connectivity index (χ4n) is 3.39. The van der Waals surface area contributed by atoms with Gasteiger partial charge in [-0.2, -0.15) is 5.26 Å². The maximum atomic E-state index is 12.8. The molecule has 1 aliphatic rings. The summed E-state index contributed by atoms with van der Waals surface area (Å²) in [5.41, 5.74) is 0.875. The third-order valence-electron chi connectivity index (χ3n) is 5.05. The van der Waals surface area contributed by atoms with Gasteiger partial charge in [-0.3, -0.25) is 0 Å².